The second-order valence-electron chi connectivity index (χ2n) is 4.70. The first-order valence-electron chi connectivity index (χ1n) is 6.40. The first-order chi connectivity index (χ1) is 9.88. The number of nitrogens with one attached hydrogen (secondary N) is 1. The highest BCUT2D eigenvalue weighted by molar-refractivity contribution is 7.89. The fourth-order valence-corrected chi connectivity index (χ4v) is 2.81. The van der Waals surface area contributed by atoms with Crippen molar-refractivity contribution in [2.45, 2.75) is 24.5 Å². The molecule has 0 amide bonds. The predicted molar refractivity (Wildman–Crippen MR) is 77.5 cm³/mol. The molecule has 1 atom stereocenters. The second-order valence-corrected chi connectivity index (χ2v) is 6.46. The summed E-state index contributed by atoms with van der Waals surface area (Å²) in [6.07, 6.45) is -0.645. The van der Waals surface area contributed by atoms with Gasteiger partial charge in [0.25, 0.3) is 0 Å². The highest BCUT2D eigenvalue weighted by Gasteiger charge is 2.14. The standard InChI is InChI=1S/C15H16FNO3S/c1-11(18)13-4-8-15(9-5-13)21(19,20)17-10-12-2-6-14(16)7-3-12/h2-9,11,17-18H,10H2,1H3. The van der Waals surface area contributed by atoms with Crippen LogP contribution in [0.1, 0.15) is 24.2 Å². The SMILES string of the molecule is CC(O)c1ccc(S(=O)(=O)NCc2ccc(F)cc2)cc1. The Morgan fingerprint density at radius 3 is 2.19 bits per heavy atom. The number of sulfonamides is 1. The van der Waals surface area contributed by atoms with Crippen LogP contribution in [0.2, 0.25) is 0 Å². The number of aliphatic hydroxyl groups excluding tert-OH is 1. The molecule has 0 aromatic heterocycles. The van der Waals surface area contributed by atoms with E-state index in [1.807, 2.05) is 0 Å². The Morgan fingerprint density at radius 2 is 1.67 bits per heavy atom. The molecule has 0 saturated heterocycles. The topological polar surface area (TPSA) is 66.4 Å². The first-order valence-corrected chi connectivity index (χ1v) is 7.89. The molecule has 0 aliphatic rings. The zero-order chi connectivity index (χ0) is 15.5. The Morgan fingerprint density at radius 1 is 1.10 bits per heavy atom. The van der Waals surface area contributed by atoms with Crippen molar-refractivity contribution >= 4 is 10.0 Å². The fraction of sp³-hybridized carbons (Fsp3) is 0.200. The minimum atomic E-state index is -3.64. The molecule has 1 unspecified atom stereocenters. The lowest BCUT2D eigenvalue weighted by molar-refractivity contribution is 0.199. The Kier molecular flexibility index (Phi) is 4.72. The minimum absolute atomic E-state index is 0.0841. The molecule has 2 aromatic rings. The lowest BCUT2D eigenvalue weighted by Crippen LogP contribution is -2.23. The van der Waals surface area contributed by atoms with Gasteiger partial charge < -0.3 is 5.11 Å². The van der Waals surface area contributed by atoms with Crippen LogP contribution in [-0.4, -0.2) is 13.5 Å². The maximum atomic E-state index is 12.8. The number of hydrogen-bond acceptors (Lipinski definition) is 3. The van der Waals surface area contributed by atoms with Crippen LogP contribution in [0.25, 0.3) is 0 Å². The van der Waals surface area contributed by atoms with Crippen LogP contribution in [0.15, 0.2) is 53.4 Å². The van der Waals surface area contributed by atoms with Crippen LogP contribution in [-0.2, 0) is 16.6 Å². The van der Waals surface area contributed by atoms with Gasteiger partial charge in [-0.3, -0.25) is 0 Å². The van der Waals surface area contributed by atoms with E-state index in [4.69, 9.17) is 0 Å². The molecule has 0 heterocycles. The molecular formula is C15H16FNO3S. The lowest BCUT2D eigenvalue weighted by atomic mass is 10.1. The molecule has 0 saturated carbocycles. The summed E-state index contributed by atoms with van der Waals surface area (Å²) in [6.45, 7) is 1.69. The van der Waals surface area contributed by atoms with E-state index >= 15 is 0 Å². The third-order valence-electron chi connectivity index (χ3n) is 3.05. The molecule has 6 heteroatoms. The maximum Gasteiger partial charge on any atom is 0.240 e. The van der Waals surface area contributed by atoms with Gasteiger partial charge in [-0.15, -0.1) is 0 Å². The van der Waals surface area contributed by atoms with Crippen molar-refractivity contribution in [2.75, 3.05) is 0 Å². The zero-order valence-corrected chi connectivity index (χ0v) is 12.3. The van der Waals surface area contributed by atoms with Crippen molar-refractivity contribution in [2.24, 2.45) is 0 Å². The van der Waals surface area contributed by atoms with Crippen LogP contribution < -0.4 is 4.72 Å². The van der Waals surface area contributed by atoms with Gasteiger partial charge in [0.15, 0.2) is 0 Å². The number of rotatable bonds is 5. The van der Waals surface area contributed by atoms with Gasteiger partial charge in [0.05, 0.1) is 11.0 Å². The van der Waals surface area contributed by atoms with Crippen molar-refractivity contribution in [3.8, 4) is 0 Å². The second kappa shape index (κ2) is 6.34. The van der Waals surface area contributed by atoms with Crippen molar-refractivity contribution in [1.29, 1.82) is 0 Å². The van der Waals surface area contributed by atoms with Crippen LogP contribution in [0.4, 0.5) is 4.39 Å². The van der Waals surface area contributed by atoms with Gasteiger partial charge in [-0.1, -0.05) is 24.3 Å². The molecule has 0 fully saturated rings. The average Bonchev–Trinajstić information content (AvgIpc) is 2.47. The normalized spacial score (nSPS) is 13.1. The van der Waals surface area contributed by atoms with Gasteiger partial charge in [-0.05, 0) is 42.3 Å². The molecule has 0 spiro atoms. The summed E-state index contributed by atoms with van der Waals surface area (Å²) in [4.78, 5) is 0.119. The van der Waals surface area contributed by atoms with Crippen molar-refractivity contribution in [3.63, 3.8) is 0 Å². The van der Waals surface area contributed by atoms with Gasteiger partial charge in [-0.2, -0.15) is 0 Å². The van der Waals surface area contributed by atoms with E-state index in [-0.39, 0.29) is 17.3 Å². The number of hydrogen-bond donors (Lipinski definition) is 2. The first kappa shape index (κ1) is 15.6. The van der Waals surface area contributed by atoms with Gasteiger partial charge in [-0.25, -0.2) is 17.5 Å². The number of benzene rings is 2. The summed E-state index contributed by atoms with van der Waals surface area (Å²) in [7, 11) is -3.64. The van der Waals surface area contributed by atoms with Crippen molar-refractivity contribution in [3.05, 3.63) is 65.5 Å². The Balaban J connectivity index is 2.09. The van der Waals surface area contributed by atoms with Crippen molar-refractivity contribution in [1.82, 2.24) is 4.72 Å². The van der Waals surface area contributed by atoms with Crippen LogP contribution in [0.5, 0.6) is 0 Å². The van der Waals surface area contributed by atoms with E-state index < -0.39 is 16.1 Å². The summed E-state index contributed by atoms with van der Waals surface area (Å²) in [5, 5.41) is 9.40. The molecule has 4 nitrogen and oxygen atoms in total. The van der Waals surface area contributed by atoms with Crippen molar-refractivity contribution < 1.29 is 17.9 Å². The summed E-state index contributed by atoms with van der Waals surface area (Å²) >= 11 is 0. The van der Waals surface area contributed by atoms with E-state index in [0.717, 1.165) is 0 Å². The maximum absolute atomic E-state index is 12.8. The average molecular weight is 309 g/mol. The molecule has 21 heavy (non-hydrogen) atoms. The van der Waals surface area contributed by atoms with E-state index in [1.54, 1.807) is 19.1 Å². The summed E-state index contributed by atoms with van der Waals surface area (Å²) in [5.74, 6) is -0.365. The van der Waals surface area contributed by atoms with Crippen LogP contribution in [0.3, 0.4) is 0 Å². The molecule has 0 bridgehead atoms. The Hall–Kier alpha value is -1.76. The van der Waals surface area contributed by atoms with E-state index in [2.05, 4.69) is 4.72 Å². The quantitative estimate of drug-likeness (QED) is 0.891. The Labute approximate surface area is 123 Å². The number of aliphatic hydroxyl groups is 1. The third-order valence-corrected chi connectivity index (χ3v) is 4.47. The minimum Gasteiger partial charge on any atom is -0.389 e. The largest absolute Gasteiger partial charge is 0.389 e. The van der Waals surface area contributed by atoms with Crippen LogP contribution >= 0.6 is 0 Å². The highest BCUT2D eigenvalue weighted by Crippen LogP contribution is 2.16. The molecule has 2 rings (SSSR count). The monoisotopic (exact) mass is 309 g/mol. The van der Waals surface area contributed by atoms with Gasteiger partial charge in [0, 0.05) is 6.54 Å². The van der Waals surface area contributed by atoms with E-state index in [1.165, 1.54) is 36.4 Å². The predicted octanol–water partition coefficient (Wildman–Crippen LogP) is 2.36. The van der Waals surface area contributed by atoms with E-state index in [9.17, 15) is 17.9 Å². The Bertz CT molecular complexity index is 695. The summed E-state index contributed by atoms with van der Waals surface area (Å²) in [6, 6.07) is 11.6. The van der Waals surface area contributed by atoms with Gasteiger partial charge in [0.1, 0.15) is 5.82 Å². The lowest BCUT2D eigenvalue weighted by Gasteiger charge is -2.09. The zero-order valence-electron chi connectivity index (χ0n) is 11.5. The molecule has 0 radical (unpaired) electrons. The number of halogens is 1. The molecule has 0 aliphatic carbocycles. The highest BCUT2D eigenvalue weighted by atomic mass is 32.2. The van der Waals surface area contributed by atoms with Gasteiger partial charge in [0.2, 0.25) is 10.0 Å². The summed E-state index contributed by atoms with van der Waals surface area (Å²) < 4.78 is 39.4. The smallest absolute Gasteiger partial charge is 0.240 e. The van der Waals surface area contributed by atoms with E-state index in [0.29, 0.717) is 11.1 Å². The van der Waals surface area contributed by atoms with Gasteiger partial charge >= 0.3 is 0 Å². The molecule has 0 aliphatic heterocycles. The molecule has 112 valence electrons. The molecule has 2 aromatic carbocycles. The van der Waals surface area contributed by atoms with Crippen LogP contribution in [0, 0.1) is 5.82 Å². The fourth-order valence-electron chi connectivity index (χ4n) is 1.79. The summed E-state index contributed by atoms with van der Waals surface area (Å²) in [5.41, 5.74) is 1.31. The third kappa shape index (κ3) is 4.10. The molecular weight excluding hydrogens is 293 g/mol. The molecule has 2 N–H and O–H groups in total.